The van der Waals surface area contributed by atoms with Crippen LogP contribution in [-0.2, 0) is 9.84 Å². The second kappa shape index (κ2) is 5.02. The molecule has 0 aromatic carbocycles. The minimum Gasteiger partial charge on any atom is -0.319 e. The molecule has 2 aliphatic rings. The maximum absolute atomic E-state index is 11.3. The Morgan fingerprint density at radius 1 is 1.25 bits per heavy atom. The molecule has 1 unspecified atom stereocenters. The lowest BCUT2D eigenvalue weighted by Gasteiger charge is -2.30. The highest BCUT2D eigenvalue weighted by atomic mass is 32.2. The van der Waals surface area contributed by atoms with Crippen LogP contribution in [0.25, 0.3) is 0 Å². The van der Waals surface area contributed by atoms with Gasteiger partial charge >= 0.3 is 0 Å². The molecule has 0 aliphatic carbocycles. The van der Waals surface area contributed by atoms with E-state index in [0.29, 0.717) is 17.5 Å². The fourth-order valence-corrected chi connectivity index (χ4v) is 4.36. The topological polar surface area (TPSA) is 49.4 Å². The average molecular weight is 246 g/mol. The van der Waals surface area contributed by atoms with E-state index >= 15 is 0 Å². The van der Waals surface area contributed by atoms with E-state index in [0.717, 1.165) is 38.4 Å². The number of hydrogen-bond donors (Lipinski definition) is 1. The maximum Gasteiger partial charge on any atom is 0.150 e. The Bertz CT molecular complexity index is 315. The summed E-state index contributed by atoms with van der Waals surface area (Å²) in [6, 6.07) is 0.519. The Balaban J connectivity index is 1.82. The number of rotatable bonds is 3. The number of likely N-dealkylation sites (tertiary alicyclic amines) is 1. The van der Waals surface area contributed by atoms with Gasteiger partial charge in [-0.15, -0.1) is 0 Å². The van der Waals surface area contributed by atoms with Gasteiger partial charge in [0, 0.05) is 12.6 Å². The van der Waals surface area contributed by atoms with Crippen molar-refractivity contribution in [1.29, 1.82) is 0 Å². The predicted octanol–water partition coefficient (Wildman–Crippen LogP) is 0.105. The first-order valence-corrected chi connectivity index (χ1v) is 8.02. The van der Waals surface area contributed by atoms with E-state index in [1.54, 1.807) is 0 Å². The van der Waals surface area contributed by atoms with E-state index in [1.165, 1.54) is 6.42 Å². The molecule has 0 bridgehead atoms. The standard InChI is InChI=1S/C11H22N2O2S/c1-12-8-10-2-5-13(9-10)11-3-6-16(14,15)7-4-11/h10-12H,2-9H2,1H3. The van der Waals surface area contributed by atoms with Crippen molar-refractivity contribution in [2.24, 2.45) is 5.92 Å². The van der Waals surface area contributed by atoms with Gasteiger partial charge in [-0.1, -0.05) is 0 Å². The Kier molecular flexibility index (Phi) is 3.87. The quantitative estimate of drug-likeness (QED) is 0.767. The molecule has 2 heterocycles. The highest BCUT2D eigenvalue weighted by Gasteiger charge is 2.32. The fraction of sp³-hybridized carbons (Fsp3) is 1.00. The van der Waals surface area contributed by atoms with Crippen LogP contribution in [0.1, 0.15) is 19.3 Å². The molecule has 4 nitrogen and oxygen atoms in total. The zero-order valence-corrected chi connectivity index (χ0v) is 10.8. The Morgan fingerprint density at radius 3 is 2.56 bits per heavy atom. The average Bonchev–Trinajstić information content (AvgIpc) is 2.67. The third kappa shape index (κ3) is 2.96. The molecule has 2 rings (SSSR count). The number of nitrogens with one attached hydrogen (secondary N) is 1. The molecule has 0 saturated carbocycles. The summed E-state index contributed by atoms with van der Waals surface area (Å²) in [6.45, 7) is 3.38. The summed E-state index contributed by atoms with van der Waals surface area (Å²) in [4.78, 5) is 2.50. The molecule has 1 N–H and O–H groups in total. The van der Waals surface area contributed by atoms with Crippen molar-refractivity contribution in [3.8, 4) is 0 Å². The van der Waals surface area contributed by atoms with Gasteiger partial charge in [-0.3, -0.25) is 4.90 Å². The molecular formula is C11H22N2O2S. The normalized spacial score (nSPS) is 31.9. The zero-order valence-electron chi connectivity index (χ0n) is 9.98. The smallest absolute Gasteiger partial charge is 0.150 e. The number of hydrogen-bond acceptors (Lipinski definition) is 4. The van der Waals surface area contributed by atoms with Crippen LogP contribution in [0.3, 0.4) is 0 Å². The van der Waals surface area contributed by atoms with Gasteiger partial charge in [0.1, 0.15) is 9.84 Å². The maximum atomic E-state index is 11.3. The lowest BCUT2D eigenvalue weighted by molar-refractivity contribution is 0.218. The molecular weight excluding hydrogens is 224 g/mol. The summed E-state index contributed by atoms with van der Waals surface area (Å²) in [5.74, 6) is 1.54. The summed E-state index contributed by atoms with van der Waals surface area (Å²) >= 11 is 0. The van der Waals surface area contributed by atoms with Crippen molar-refractivity contribution in [2.75, 3.05) is 38.2 Å². The minimum atomic E-state index is -2.71. The molecule has 1 atom stereocenters. The fourth-order valence-electron chi connectivity index (χ4n) is 2.89. The monoisotopic (exact) mass is 246 g/mol. The molecule has 16 heavy (non-hydrogen) atoms. The summed E-state index contributed by atoms with van der Waals surface area (Å²) in [5, 5.41) is 3.22. The van der Waals surface area contributed by atoms with Crippen LogP contribution in [0.4, 0.5) is 0 Å². The summed E-state index contributed by atoms with van der Waals surface area (Å²) in [7, 11) is -0.712. The molecule has 94 valence electrons. The molecule has 0 aromatic heterocycles. The van der Waals surface area contributed by atoms with Crippen LogP contribution < -0.4 is 5.32 Å². The van der Waals surface area contributed by atoms with Gasteiger partial charge < -0.3 is 5.32 Å². The van der Waals surface area contributed by atoms with E-state index in [4.69, 9.17) is 0 Å². The minimum absolute atomic E-state index is 0.394. The van der Waals surface area contributed by atoms with Gasteiger partial charge in [0.25, 0.3) is 0 Å². The molecule has 2 aliphatic heterocycles. The van der Waals surface area contributed by atoms with Crippen LogP contribution in [-0.4, -0.2) is 57.5 Å². The van der Waals surface area contributed by atoms with E-state index in [9.17, 15) is 8.42 Å². The number of nitrogens with zero attached hydrogens (tertiary/aromatic N) is 1. The second-order valence-corrected chi connectivity index (χ2v) is 7.39. The predicted molar refractivity (Wildman–Crippen MR) is 65.3 cm³/mol. The number of sulfone groups is 1. The largest absolute Gasteiger partial charge is 0.319 e. The third-order valence-electron chi connectivity index (χ3n) is 3.85. The highest BCUT2D eigenvalue weighted by molar-refractivity contribution is 7.91. The van der Waals surface area contributed by atoms with Crippen LogP contribution in [0.2, 0.25) is 0 Å². The zero-order chi connectivity index (χ0) is 11.6. The molecule has 0 spiro atoms. The van der Waals surface area contributed by atoms with Crippen LogP contribution in [0.5, 0.6) is 0 Å². The van der Waals surface area contributed by atoms with Gasteiger partial charge in [0.15, 0.2) is 0 Å². The van der Waals surface area contributed by atoms with Crippen molar-refractivity contribution in [3.63, 3.8) is 0 Å². The van der Waals surface area contributed by atoms with Crippen molar-refractivity contribution >= 4 is 9.84 Å². The second-order valence-electron chi connectivity index (χ2n) is 5.09. The molecule has 2 fully saturated rings. The molecule has 0 radical (unpaired) electrons. The van der Waals surface area contributed by atoms with Gasteiger partial charge in [-0.05, 0) is 45.3 Å². The third-order valence-corrected chi connectivity index (χ3v) is 5.57. The van der Waals surface area contributed by atoms with E-state index < -0.39 is 9.84 Å². The Hall–Kier alpha value is -0.130. The SMILES string of the molecule is CNCC1CCN(C2CCS(=O)(=O)CC2)C1. The van der Waals surface area contributed by atoms with Crippen molar-refractivity contribution < 1.29 is 8.42 Å². The first kappa shape index (κ1) is 12.3. The Morgan fingerprint density at radius 2 is 1.94 bits per heavy atom. The molecule has 2 saturated heterocycles. The van der Waals surface area contributed by atoms with Gasteiger partial charge in [-0.2, -0.15) is 0 Å². The first-order chi connectivity index (χ1) is 7.61. The summed E-state index contributed by atoms with van der Waals surface area (Å²) in [5.41, 5.74) is 0. The molecule has 5 heteroatoms. The van der Waals surface area contributed by atoms with Crippen LogP contribution in [0.15, 0.2) is 0 Å². The van der Waals surface area contributed by atoms with Crippen LogP contribution >= 0.6 is 0 Å². The van der Waals surface area contributed by atoms with E-state index in [1.807, 2.05) is 7.05 Å². The lowest BCUT2D eigenvalue weighted by atomic mass is 10.1. The molecule has 0 amide bonds. The van der Waals surface area contributed by atoms with Crippen molar-refractivity contribution in [3.05, 3.63) is 0 Å². The lowest BCUT2D eigenvalue weighted by Crippen LogP contribution is -2.40. The first-order valence-electron chi connectivity index (χ1n) is 6.20. The Labute approximate surface area is 98.3 Å². The van der Waals surface area contributed by atoms with Gasteiger partial charge in [0.05, 0.1) is 11.5 Å². The summed E-state index contributed by atoms with van der Waals surface area (Å²) < 4.78 is 22.7. The van der Waals surface area contributed by atoms with E-state index in [2.05, 4.69) is 10.2 Å². The van der Waals surface area contributed by atoms with Gasteiger partial charge in [0.2, 0.25) is 0 Å². The summed E-state index contributed by atoms with van der Waals surface area (Å²) in [6.07, 6.45) is 2.94. The molecule has 0 aromatic rings. The van der Waals surface area contributed by atoms with Crippen LogP contribution in [0, 0.1) is 5.92 Å². The van der Waals surface area contributed by atoms with Crippen molar-refractivity contribution in [1.82, 2.24) is 10.2 Å². The van der Waals surface area contributed by atoms with Crippen molar-refractivity contribution in [2.45, 2.75) is 25.3 Å². The highest BCUT2D eigenvalue weighted by Crippen LogP contribution is 2.24. The van der Waals surface area contributed by atoms with E-state index in [-0.39, 0.29) is 0 Å². The van der Waals surface area contributed by atoms with Gasteiger partial charge in [-0.25, -0.2) is 8.42 Å².